The van der Waals surface area contributed by atoms with E-state index < -0.39 is 5.60 Å². The van der Waals surface area contributed by atoms with Crippen molar-refractivity contribution in [2.45, 2.75) is 63.9 Å². The monoisotopic (exact) mass is 384 g/mol. The molecule has 1 aromatic rings. The number of rotatable bonds is 4. The molecule has 2 aliphatic rings. The van der Waals surface area contributed by atoms with Crippen molar-refractivity contribution in [1.29, 1.82) is 0 Å². The van der Waals surface area contributed by atoms with E-state index in [1.54, 1.807) is 13.0 Å². The Morgan fingerprint density at radius 1 is 1.32 bits per heavy atom. The second-order valence-electron chi connectivity index (χ2n) is 7.52. The smallest absolute Gasteiger partial charge is 0.319 e. The molecule has 0 aromatic heterocycles. The Morgan fingerprint density at radius 3 is 2.76 bits per heavy atom. The molecular formula is C19H26Cl2N2O2. The number of amides is 2. The summed E-state index contributed by atoms with van der Waals surface area (Å²) in [7, 11) is 0. The predicted molar refractivity (Wildman–Crippen MR) is 103 cm³/mol. The van der Waals surface area contributed by atoms with E-state index in [9.17, 15) is 9.90 Å². The molecule has 3 rings (SSSR count). The van der Waals surface area contributed by atoms with Crippen molar-refractivity contribution in [1.82, 2.24) is 5.32 Å². The normalized spacial score (nSPS) is 23.4. The van der Waals surface area contributed by atoms with Gasteiger partial charge in [-0.15, -0.1) is 0 Å². The number of carbonyl (C=O) groups is 1. The Bertz CT molecular complexity index is 655. The Balaban J connectivity index is 1.60. The zero-order chi connectivity index (χ0) is 18.0. The molecule has 1 atom stereocenters. The molecule has 4 nitrogen and oxygen atoms in total. The lowest BCUT2D eigenvalue weighted by Gasteiger charge is -2.22. The SMILES string of the molecule is CC1(O)CCc2c1cc(Cl)c(NC(=O)NCCC1CCCCC1)c2Cl. The molecule has 0 radical (unpaired) electrons. The number of halogens is 2. The van der Waals surface area contributed by atoms with Crippen LogP contribution >= 0.6 is 23.2 Å². The van der Waals surface area contributed by atoms with Crippen LogP contribution < -0.4 is 10.6 Å². The van der Waals surface area contributed by atoms with Crippen LogP contribution in [0.3, 0.4) is 0 Å². The highest BCUT2D eigenvalue weighted by atomic mass is 35.5. The van der Waals surface area contributed by atoms with Crippen molar-refractivity contribution in [3.8, 4) is 0 Å². The minimum absolute atomic E-state index is 0.288. The van der Waals surface area contributed by atoms with Crippen molar-refractivity contribution in [2.75, 3.05) is 11.9 Å². The highest BCUT2D eigenvalue weighted by molar-refractivity contribution is 6.40. The molecule has 0 bridgehead atoms. The molecule has 1 aromatic carbocycles. The summed E-state index contributed by atoms with van der Waals surface area (Å²) in [6, 6.07) is 1.43. The van der Waals surface area contributed by atoms with Crippen LogP contribution in [-0.4, -0.2) is 17.7 Å². The minimum atomic E-state index is -0.913. The fourth-order valence-corrected chi connectivity index (χ4v) is 4.67. The lowest BCUT2D eigenvalue weighted by molar-refractivity contribution is 0.0595. The van der Waals surface area contributed by atoms with Gasteiger partial charge in [0, 0.05) is 6.54 Å². The zero-order valence-corrected chi connectivity index (χ0v) is 16.1. The Hall–Kier alpha value is -0.970. The minimum Gasteiger partial charge on any atom is -0.385 e. The maximum Gasteiger partial charge on any atom is 0.319 e. The van der Waals surface area contributed by atoms with E-state index in [2.05, 4.69) is 10.6 Å². The molecule has 1 unspecified atom stereocenters. The van der Waals surface area contributed by atoms with Crippen molar-refractivity contribution in [3.05, 3.63) is 27.2 Å². The van der Waals surface area contributed by atoms with Gasteiger partial charge in [0.2, 0.25) is 0 Å². The largest absolute Gasteiger partial charge is 0.385 e. The lowest BCUT2D eigenvalue weighted by Crippen LogP contribution is -2.31. The number of urea groups is 1. The number of hydrogen-bond donors (Lipinski definition) is 3. The maximum absolute atomic E-state index is 12.2. The number of aliphatic hydroxyl groups is 1. The van der Waals surface area contributed by atoms with E-state index >= 15 is 0 Å². The van der Waals surface area contributed by atoms with Gasteiger partial charge in [-0.1, -0.05) is 55.3 Å². The number of carbonyl (C=O) groups excluding carboxylic acids is 1. The average molecular weight is 385 g/mol. The van der Waals surface area contributed by atoms with Gasteiger partial charge in [0.05, 0.1) is 21.3 Å². The van der Waals surface area contributed by atoms with Gasteiger partial charge in [-0.2, -0.15) is 0 Å². The Morgan fingerprint density at radius 2 is 2.04 bits per heavy atom. The fraction of sp³-hybridized carbons (Fsp3) is 0.632. The fourth-order valence-electron chi connectivity index (χ4n) is 4.03. The van der Waals surface area contributed by atoms with Gasteiger partial charge < -0.3 is 15.7 Å². The van der Waals surface area contributed by atoms with Crippen molar-refractivity contribution in [3.63, 3.8) is 0 Å². The van der Waals surface area contributed by atoms with E-state index in [0.29, 0.717) is 35.1 Å². The summed E-state index contributed by atoms with van der Waals surface area (Å²) in [5, 5.41) is 16.9. The standard InChI is InChI=1S/C19H26Cl2N2O2/c1-19(25)9-7-13-14(19)11-15(20)17(16(13)21)23-18(24)22-10-8-12-5-3-2-4-6-12/h11-12,25H,2-10H2,1H3,(H2,22,23,24). The first-order valence-electron chi connectivity index (χ1n) is 9.17. The highest BCUT2D eigenvalue weighted by Crippen LogP contribution is 2.45. The van der Waals surface area contributed by atoms with Crippen LogP contribution in [-0.2, 0) is 12.0 Å². The van der Waals surface area contributed by atoms with E-state index in [-0.39, 0.29) is 6.03 Å². The molecular weight excluding hydrogens is 359 g/mol. The summed E-state index contributed by atoms with van der Waals surface area (Å²) in [6.07, 6.45) is 8.79. The molecule has 0 aliphatic heterocycles. The summed E-state index contributed by atoms with van der Waals surface area (Å²) in [5.74, 6) is 0.725. The molecule has 1 fully saturated rings. The summed E-state index contributed by atoms with van der Waals surface area (Å²) < 4.78 is 0. The molecule has 1 saturated carbocycles. The van der Waals surface area contributed by atoms with Gasteiger partial charge in [0.15, 0.2) is 0 Å². The molecule has 6 heteroatoms. The highest BCUT2D eigenvalue weighted by Gasteiger charge is 2.35. The third kappa shape index (κ3) is 4.24. The summed E-state index contributed by atoms with van der Waals surface area (Å²) in [4.78, 5) is 12.2. The number of hydrogen-bond acceptors (Lipinski definition) is 2. The van der Waals surface area contributed by atoms with E-state index in [1.807, 2.05) is 0 Å². The molecule has 0 spiro atoms. The van der Waals surface area contributed by atoms with Crippen LogP contribution in [0.5, 0.6) is 0 Å². The first kappa shape index (κ1) is 18.8. The first-order chi connectivity index (χ1) is 11.9. The van der Waals surface area contributed by atoms with Crippen LogP contribution in [0.4, 0.5) is 10.5 Å². The van der Waals surface area contributed by atoms with Crippen LogP contribution in [0.25, 0.3) is 0 Å². The number of anilines is 1. The zero-order valence-electron chi connectivity index (χ0n) is 14.6. The average Bonchev–Trinajstić information content (AvgIpc) is 2.88. The van der Waals surface area contributed by atoms with E-state index in [4.69, 9.17) is 23.2 Å². The van der Waals surface area contributed by atoms with Gasteiger partial charge >= 0.3 is 6.03 Å². The Labute approximate surface area is 159 Å². The second-order valence-corrected chi connectivity index (χ2v) is 8.31. The van der Waals surface area contributed by atoms with E-state index in [0.717, 1.165) is 23.5 Å². The van der Waals surface area contributed by atoms with Gasteiger partial charge in [0.25, 0.3) is 0 Å². The summed E-state index contributed by atoms with van der Waals surface area (Å²) in [6.45, 7) is 2.42. The summed E-state index contributed by atoms with van der Waals surface area (Å²) in [5.41, 5.74) is 1.14. The van der Waals surface area contributed by atoms with Crippen LogP contribution in [0.15, 0.2) is 6.07 Å². The number of fused-ring (bicyclic) bond motifs is 1. The topological polar surface area (TPSA) is 61.4 Å². The molecule has 0 saturated heterocycles. The maximum atomic E-state index is 12.2. The van der Waals surface area contributed by atoms with Crippen LogP contribution in [0, 0.1) is 5.92 Å². The number of benzene rings is 1. The van der Waals surface area contributed by atoms with Crippen molar-refractivity contribution in [2.24, 2.45) is 5.92 Å². The van der Waals surface area contributed by atoms with Crippen molar-refractivity contribution >= 4 is 34.9 Å². The second kappa shape index (κ2) is 7.73. The molecule has 25 heavy (non-hydrogen) atoms. The third-order valence-corrected chi connectivity index (χ3v) is 6.28. The quantitative estimate of drug-likeness (QED) is 0.664. The molecule has 0 heterocycles. The first-order valence-corrected chi connectivity index (χ1v) is 9.92. The van der Waals surface area contributed by atoms with E-state index in [1.165, 1.54) is 32.1 Å². The van der Waals surface area contributed by atoms with Gasteiger partial charge in [-0.05, 0) is 49.3 Å². The third-order valence-electron chi connectivity index (χ3n) is 5.56. The lowest BCUT2D eigenvalue weighted by atomic mass is 9.87. The molecule has 2 amide bonds. The van der Waals surface area contributed by atoms with Crippen LogP contribution in [0.1, 0.15) is 63.0 Å². The molecule has 2 aliphatic carbocycles. The predicted octanol–water partition coefficient (Wildman–Crippen LogP) is 5.24. The van der Waals surface area contributed by atoms with Crippen molar-refractivity contribution < 1.29 is 9.90 Å². The number of nitrogens with one attached hydrogen (secondary N) is 2. The molecule has 138 valence electrons. The molecule has 3 N–H and O–H groups in total. The summed E-state index contributed by atoms with van der Waals surface area (Å²) >= 11 is 12.8. The van der Waals surface area contributed by atoms with Gasteiger partial charge in [-0.3, -0.25) is 0 Å². The van der Waals surface area contributed by atoms with Gasteiger partial charge in [-0.25, -0.2) is 4.79 Å². The van der Waals surface area contributed by atoms with Gasteiger partial charge in [0.1, 0.15) is 0 Å². The Kier molecular flexibility index (Phi) is 5.81. The van der Waals surface area contributed by atoms with Crippen LogP contribution in [0.2, 0.25) is 10.0 Å².